The highest BCUT2D eigenvalue weighted by Gasteiger charge is 2.75. The minimum absolute atomic E-state index is 0.0124. The highest BCUT2D eigenvalue weighted by molar-refractivity contribution is 5.65. The van der Waals surface area contributed by atoms with Crippen molar-refractivity contribution in [2.24, 2.45) is 0 Å². The van der Waals surface area contributed by atoms with Gasteiger partial charge >= 0.3 is 48.7 Å². The van der Waals surface area contributed by atoms with Gasteiger partial charge in [0, 0.05) is 13.1 Å². The van der Waals surface area contributed by atoms with Crippen LogP contribution in [0.1, 0.15) is 25.7 Å². The highest BCUT2D eigenvalue weighted by Crippen LogP contribution is 2.48. The summed E-state index contributed by atoms with van der Waals surface area (Å²) in [5, 5.41) is 17.6. The average Bonchev–Trinajstić information content (AvgIpc) is 2.67. The van der Waals surface area contributed by atoms with Crippen molar-refractivity contribution in [3.05, 3.63) is 0 Å². The molecule has 0 radical (unpaired) electrons. The van der Waals surface area contributed by atoms with Gasteiger partial charge in [-0.2, -0.15) is 35.1 Å². The van der Waals surface area contributed by atoms with Gasteiger partial charge in [0.1, 0.15) is 0 Å². The molecule has 0 fully saturated rings. The van der Waals surface area contributed by atoms with Crippen LogP contribution >= 0.6 is 0 Å². The Morgan fingerprint density at radius 2 is 1.03 bits per heavy atom. The molecule has 0 unspecified atom stereocenters. The molecule has 0 aliphatic carbocycles. The van der Waals surface area contributed by atoms with Crippen molar-refractivity contribution in [3.8, 4) is 0 Å². The summed E-state index contributed by atoms with van der Waals surface area (Å²) in [7, 11) is 0. The van der Waals surface area contributed by atoms with Crippen molar-refractivity contribution in [1.82, 2.24) is 9.80 Å². The Morgan fingerprint density at radius 3 is 1.35 bits per heavy atom. The average molecular weight is 532 g/mol. The number of rotatable bonds is 15. The quantitative estimate of drug-likeness (QED) is 0.213. The standard InChI is InChI=1S/C16H20F12N2O4/c17-9(18)13(21,22)7-29(11(31)32)5-3-1-2-4-6-30(12(33)34)8-14(23,24)16(27,28)15(25,26)10(19)20/h9-10H,1-8H2,(H,31,32)(H,33,34). The van der Waals surface area contributed by atoms with Crippen LogP contribution in [0.3, 0.4) is 0 Å². The Morgan fingerprint density at radius 1 is 0.647 bits per heavy atom. The lowest BCUT2D eigenvalue weighted by Crippen LogP contribution is -2.61. The fraction of sp³-hybridized carbons (Fsp3) is 0.875. The zero-order valence-electron chi connectivity index (χ0n) is 17.0. The zero-order valence-corrected chi connectivity index (χ0v) is 17.0. The molecular weight excluding hydrogens is 512 g/mol. The second-order valence-corrected chi connectivity index (χ2v) is 7.09. The van der Waals surface area contributed by atoms with E-state index in [2.05, 4.69) is 0 Å². The Hall–Kier alpha value is -2.30. The Labute approximate surface area is 184 Å². The van der Waals surface area contributed by atoms with Crippen LogP contribution in [0.25, 0.3) is 0 Å². The van der Waals surface area contributed by atoms with E-state index >= 15 is 0 Å². The summed E-state index contributed by atoms with van der Waals surface area (Å²) in [5.41, 5.74) is 0. The molecular formula is C16H20F12N2O4. The molecule has 0 aromatic rings. The maximum atomic E-state index is 13.6. The van der Waals surface area contributed by atoms with Crippen molar-refractivity contribution in [2.75, 3.05) is 26.2 Å². The van der Waals surface area contributed by atoms with Gasteiger partial charge in [-0.05, 0) is 12.8 Å². The van der Waals surface area contributed by atoms with Crippen LogP contribution in [0.15, 0.2) is 0 Å². The van der Waals surface area contributed by atoms with Gasteiger partial charge < -0.3 is 20.0 Å². The summed E-state index contributed by atoms with van der Waals surface area (Å²) in [5.74, 6) is -23.6. The largest absolute Gasteiger partial charge is 0.465 e. The second kappa shape index (κ2) is 11.9. The number of alkyl halides is 12. The van der Waals surface area contributed by atoms with E-state index in [0.29, 0.717) is 0 Å². The fourth-order valence-electron chi connectivity index (χ4n) is 2.49. The maximum Gasteiger partial charge on any atom is 0.407 e. The zero-order chi connectivity index (χ0) is 27.1. The molecule has 0 spiro atoms. The van der Waals surface area contributed by atoms with E-state index in [0.717, 1.165) is 0 Å². The molecule has 0 aromatic carbocycles. The minimum Gasteiger partial charge on any atom is -0.465 e. The first kappa shape index (κ1) is 31.7. The lowest BCUT2D eigenvalue weighted by atomic mass is 10.0. The molecule has 2 N–H and O–H groups in total. The van der Waals surface area contributed by atoms with Gasteiger partial charge in [-0.1, -0.05) is 12.8 Å². The van der Waals surface area contributed by atoms with E-state index in [4.69, 9.17) is 10.2 Å². The minimum atomic E-state index is -6.59. The molecule has 202 valence electrons. The number of unbranched alkanes of at least 4 members (excludes halogenated alkanes) is 3. The van der Waals surface area contributed by atoms with Gasteiger partial charge in [-0.3, -0.25) is 0 Å². The van der Waals surface area contributed by atoms with Crippen molar-refractivity contribution in [2.45, 2.75) is 62.2 Å². The molecule has 2 amide bonds. The van der Waals surface area contributed by atoms with Crippen LogP contribution in [0.2, 0.25) is 0 Å². The van der Waals surface area contributed by atoms with Crippen LogP contribution in [0.5, 0.6) is 0 Å². The van der Waals surface area contributed by atoms with Crippen molar-refractivity contribution in [1.29, 1.82) is 0 Å². The third-order valence-electron chi connectivity index (χ3n) is 4.41. The SMILES string of the molecule is O=C(O)N(CCCCCCN(CC(F)(F)C(F)(F)C(F)(F)C(F)F)C(=O)O)CC(F)(F)C(F)F. The molecule has 0 atom stereocenters. The summed E-state index contributed by atoms with van der Waals surface area (Å²) < 4.78 is 154. The first-order valence-electron chi connectivity index (χ1n) is 9.24. The van der Waals surface area contributed by atoms with E-state index in [1.807, 2.05) is 0 Å². The number of amides is 2. The molecule has 0 aliphatic heterocycles. The third-order valence-corrected chi connectivity index (χ3v) is 4.41. The molecule has 0 saturated carbocycles. The lowest BCUT2D eigenvalue weighted by Gasteiger charge is -2.34. The Balaban J connectivity index is 4.84. The molecule has 0 bridgehead atoms. The maximum absolute atomic E-state index is 13.6. The lowest BCUT2D eigenvalue weighted by molar-refractivity contribution is -0.339. The van der Waals surface area contributed by atoms with E-state index < -0.39 is 79.8 Å². The van der Waals surface area contributed by atoms with Gasteiger partial charge in [0.25, 0.3) is 0 Å². The van der Waals surface area contributed by atoms with Crippen molar-refractivity contribution < 1.29 is 72.5 Å². The summed E-state index contributed by atoms with van der Waals surface area (Å²) in [6, 6.07) is 0. The first-order chi connectivity index (χ1) is 15.2. The van der Waals surface area contributed by atoms with E-state index in [9.17, 15) is 62.3 Å². The number of hydrogen-bond acceptors (Lipinski definition) is 2. The summed E-state index contributed by atoms with van der Waals surface area (Å²) in [4.78, 5) is 21.4. The first-order valence-corrected chi connectivity index (χ1v) is 9.24. The third kappa shape index (κ3) is 8.18. The molecule has 18 heteroatoms. The number of nitrogens with zero attached hydrogens (tertiary/aromatic N) is 2. The Kier molecular flexibility index (Phi) is 11.1. The van der Waals surface area contributed by atoms with Crippen molar-refractivity contribution in [3.63, 3.8) is 0 Å². The second-order valence-electron chi connectivity index (χ2n) is 7.09. The molecule has 0 aromatic heterocycles. The van der Waals surface area contributed by atoms with Gasteiger partial charge in [0.05, 0.1) is 13.1 Å². The van der Waals surface area contributed by atoms with Crippen molar-refractivity contribution >= 4 is 12.2 Å². The van der Waals surface area contributed by atoms with Crippen LogP contribution in [-0.2, 0) is 0 Å². The van der Waals surface area contributed by atoms with E-state index in [1.165, 1.54) is 0 Å². The summed E-state index contributed by atoms with van der Waals surface area (Å²) >= 11 is 0. The number of carbonyl (C=O) groups is 2. The molecule has 0 rings (SSSR count). The topological polar surface area (TPSA) is 81.1 Å². The van der Waals surface area contributed by atoms with Gasteiger partial charge in [0.15, 0.2) is 0 Å². The van der Waals surface area contributed by atoms with Crippen LogP contribution in [0, 0.1) is 0 Å². The van der Waals surface area contributed by atoms with Crippen LogP contribution in [0.4, 0.5) is 62.3 Å². The molecule has 0 saturated heterocycles. The van der Waals surface area contributed by atoms with Gasteiger partial charge in [0.2, 0.25) is 0 Å². The normalized spacial score (nSPS) is 13.5. The summed E-state index contributed by atoms with van der Waals surface area (Å²) in [6.07, 6.45) is -14.4. The Bertz CT molecular complexity index is 678. The molecule has 34 heavy (non-hydrogen) atoms. The predicted octanol–water partition coefficient (Wildman–Crippen LogP) is 5.58. The number of hydrogen-bond donors (Lipinski definition) is 2. The van der Waals surface area contributed by atoms with E-state index in [-0.39, 0.29) is 30.6 Å². The number of carboxylic acid groups (broad SMARTS) is 2. The molecule has 0 aliphatic rings. The highest BCUT2D eigenvalue weighted by atomic mass is 19.4. The fourth-order valence-corrected chi connectivity index (χ4v) is 2.49. The summed E-state index contributed by atoms with van der Waals surface area (Å²) in [6.45, 7) is -5.98. The van der Waals surface area contributed by atoms with Crippen LogP contribution in [-0.4, -0.2) is 94.9 Å². The van der Waals surface area contributed by atoms with Crippen LogP contribution < -0.4 is 0 Å². The monoisotopic (exact) mass is 532 g/mol. The van der Waals surface area contributed by atoms with Gasteiger partial charge in [-0.15, -0.1) is 0 Å². The smallest absolute Gasteiger partial charge is 0.407 e. The van der Waals surface area contributed by atoms with E-state index in [1.54, 1.807) is 0 Å². The number of halogens is 12. The predicted molar refractivity (Wildman–Crippen MR) is 89.5 cm³/mol. The molecule has 0 heterocycles. The van der Waals surface area contributed by atoms with Gasteiger partial charge in [-0.25, -0.2) is 27.2 Å². The molecule has 6 nitrogen and oxygen atoms in total.